The van der Waals surface area contributed by atoms with Crippen molar-refractivity contribution in [1.82, 2.24) is 9.88 Å². The molecule has 35 heavy (non-hydrogen) atoms. The number of nitrogens with zero attached hydrogens (tertiary/aromatic N) is 2. The summed E-state index contributed by atoms with van der Waals surface area (Å²) in [4.78, 5) is 6.57. The van der Waals surface area contributed by atoms with Crippen LogP contribution in [0, 0.1) is 5.92 Å². The zero-order valence-corrected chi connectivity index (χ0v) is 21.8. The lowest BCUT2D eigenvalue weighted by Gasteiger charge is -2.41. The van der Waals surface area contributed by atoms with E-state index in [2.05, 4.69) is 51.8 Å². The molecule has 7 heteroatoms. The molecule has 1 aromatic heterocycles. The molecular weight excluding hydrogens is 508 g/mol. The van der Waals surface area contributed by atoms with Crippen molar-refractivity contribution in [2.75, 3.05) is 26.7 Å². The molecule has 5 unspecified atom stereocenters. The Kier molecular flexibility index (Phi) is 6.38. The third-order valence-corrected chi connectivity index (χ3v) is 8.34. The Balaban J connectivity index is 1.83. The maximum atomic E-state index is 12.8. The van der Waals surface area contributed by atoms with Crippen molar-refractivity contribution in [2.45, 2.75) is 37.1 Å². The molecule has 3 aromatic rings. The van der Waals surface area contributed by atoms with Crippen molar-refractivity contribution >= 4 is 15.9 Å². The molecule has 2 aliphatic rings. The highest BCUT2D eigenvalue weighted by atomic mass is 79.9. The van der Waals surface area contributed by atoms with E-state index in [4.69, 9.17) is 9.47 Å². The number of methoxy groups -OCH3 is 1. The van der Waals surface area contributed by atoms with Crippen LogP contribution in [-0.2, 0) is 11.2 Å². The molecule has 0 bridgehead atoms. The highest BCUT2D eigenvalue weighted by molar-refractivity contribution is 9.10. The van der Waals surface area contributed by atoms with Gasteiger partial charge in [-0.3, -0.25) is 4.98 Å². The molecule has 0 radical (unpaired) electrons. The molecule has 0 amide bonds. The molecule has 2 heterocycles. The molecule has 0 saturated heterocycles. The van der Waals surface area contributed by atoms with Crippen molar-refractivity contribution in [3.05, 3.63) is 88.2 Å². The third-order valence-electron chi connectivity index (χ3n) is 7.81. The van der Waals surface area contributed by atoms with Gasteiger partial charge in [0.1, 0.15) is 11.5 Å². The Labute approximate surface area is 214 Å². The molecular formula is C28H31BrN2O4. The number of hydrogen-bond donors (Lipinski definition) is 2. The first-order valence-electron chi connectivity index (χ1n) is 12.1. The van der Waals surface area contributed by atoms with Gasteiger partial charge in [-0.15, -0.1) is 0 Å². The average molecular weight is 539 g/mol. The van der Waals surface area contributed by atoms with E-state index in [1.807, 2.05) is 42.5 Å². The molecule has 1 aliphatic carbocycles. The number of fused-ring (bicyclic) bond motifs is 3. The predicted octanol–water partition coefficient (Wildman–Crippen LogP) is 4.44. The lowest BCUT2D eigenvalue weighted by Crippen LogP contribution is -2.52. The first-order valence-corrected chi connectivity index (χ1v) is 12.9. The van der Waals surface area contributed by atoms with E-state index in [-0.39, 0.29) is 11.8 Å². The summed E-state index contributed by atoms with van der Waals surface area (Å²) in [5.74, 6) is 0.175. The molecule has 2 aromatic carbocycles. The Morgan fingerprint density at radius 1 is 1.06 bits per heavy atom. The van der Waals surface area contributed by atoms with Crippen LogP contribution in [0.3, 0.4) is 0 Å². The Morgan fingerprint density at radius 3 is 2.37 bits per heavy atom. The minimum Gasteiger partial charge on any atom is -0.495 e. The zero-order chi connectivity index (χ0) is 24.8. The summed E-state index contributed by atoms with van der Waals surface area (Å²) in [5, 5.41) is 24.9. The highest BCUT2D eigenvalue weighted by Gasteiger charge is 2.76. The second-order valence-corrected chi connectivity index (χ2v) is 10.2. The fourth-order valence-electron chi connectivity index (χ4n) is 6.21. The van der Waals surface area contributed by atoms with Gasteiger partial charge in [-0.1, -0.05) is 72.2 Å². The van der Waals surface area contributed by atoms with E-state index in [0.29, 0.717) is 23.6 Å². The van der Waals surface area contributed by atoms with Crippen LogP contribution < -0.4 is 9.47 Å². The SMILES string of the molecule is CCN(CC)CC1C(O)C2(O)c3c(OC)cncc3OC2(c2ccc(Br)cc2)C1c1ccccc1. The molecule has 1 aliphatic heterocycles. The van der Waals surface area contributed by atoms with Crippen molar-refractivity contribution in [3.63, 3.8) is 0 Å². The number of rotatable bonds is 7. The standard InChI is InChI=1S/C28H31BrN2O4/c1-4-31(5-2)17-21-24(18-9-7-6-8-10-18)28(19-11-13-20(29)14-12-19)27(33,26(21)32)25-22(34-3)15-30-16-23(25)35-28/h6-16,21,24,26,32-33H,4-5,17H2,1-3H3. The van der Waals surface area contributed by atoms with Crippen molar-refractivity contribution in [2.24, 2.45) is 5.92 Å². The maximum Gasteiger partial charge on any atom is 0.177 e. The fourth-order valence-corrected chi connectivity index (χ4v) is 6.48. The van der Waals surface area contributed by atoms with Gasteiger partial charge in [-0.05, 0) is 36.3 Å². The number of aromatic nitrogens is 1. The van der Waals surface area contributed by atoms with Crippen LogP contribution in [0.15, 0.2) is 71.5 Å². The third kappa shape index (κ3) is 3.44. The molecule has 184 valence electrons. The highest BCUT2D eigenvalue weighted by Crippen LogP contribution is 2.69. The van der Waals surface area contributed by atoms with Gasteiger partial charge in [0.05, 0.1) is 31.2 Å². The largest absolute Gasteiger partial charge is 0.495 e. The summed E-state index contributed by atoms with van der Waals surface area (Å²) in [5.41, 5.74) is -0.805. The molecule has 2 N–H and O–H groups in total. The van der Waals surface area contributed by atoms with E-state index in [9.17, 15) is 10.2 Å². The second kappa shape index (κ2) is 9.21. The fraction of sp³-hybridized carbons (Fsp3) is 0.393. The van der Waals surface area contributed by atoms with Gasteiger partial charge in [0.2, 0.25) is 0 Å². The first-order chi connectivity index (χ1) is 16.9. The van der Waals surface area contributed by atoms with Crippen molar-refractivity contribution < 1.29 is 19.7 Å². The summed E-state index contributed by atoms with van der Waals surface area (Å²) in [7, 11) is 1.55. The van der Waals surface area contributed by atoms with Gasteiger partial charge < -0.3 is 24.6 Å². The van der Waals surface area contributed by atoms with Crippen LogP contribution in [0.2, 0.25) is 0 Å². The number of benzene rings is 2. The van der Waals surface area contributed by atoms with Gasteiger partial charge in [0.25, 0.3) is 0 Å². The number of ether oxygens (including phenoxy) is 2. The lowest BCUT2D eigenvalue weighted by molar-refractivity contribution is -0.152. The lowest BCUT2D eigenvalue weighted by atomic mass is 9.70. The number of aliphatic hydroxyl groups excluding tert-OH is 1. The molecule has 5 atom stereocenters. The smallest absolute Gasteiger partial charge is 0.177 e. The van der Waals surface area contributed by atoms with Gasteiger partial charge in [-0.2, -0.15) is 0 Å². The van der Waals surface area contributed by atoms with Crippen LogP contribution in [0.4, 0.5) is 0 Å². The van der Waals surface area contributed by atoms with E-state index >= 15 is 0 Å². The number of hydrogen-bond acceptors (Lipinski definition) is 6. The van der Waals surface area contributed by atoms with E-state index in [0.717, 1.165) is 28.7 Å². The predicted molar refractivity (Wildman–Crippen MR) is 138 cm³/mol. The Hall–Kier alpha value is -2.45. The molecule has 1 saturated carbocycles. The molecule has 1 fully saturated rings. The number of halogens is 1. The van der Waals surface area contributed by atoms with Crippen LogP contribution in [0.1, 0.15) is 36.5 Å². The van der Waals surface area contributed by atoms with Gasteiger partial charge in [0.15, 0.2) is 11.2 Å². The second-order valence-electron chi connectivity index (χ2n) is 9.31. The molecule has 0 spiro atoms. The average Bonchev–Trinajstić information content (AvgIpc) is 3.26. The van der Waals surface area contributed by atoms with Gasteiger partial charge >= 0.3 is 0 Å². The van der Waals surface area contributed by atoms with Gasteiger partial charge in [0, 0.05) is 22.9 Å². The Bertz CT molecular complexity index is 1190. The van der Waals surface area contributed by atoms with Gasteiger partial charge in [-0.25, -0.2) is 0 Å². The minimum atomic E-state index is -1.76. The van der Waals surface area contributed by atoms with E-state index < -0.39 is 17.3 Å². The number of aliphatic hydroxyl groups is 2. The minimum absolute atomic E-state index is 0.308. The van der Waals surface area contributed by atoms with E-state index in [1.54, 1.807) is 19.5 Å². The monoisotopic (exact) mass is 538 g/mol. The van der Waals surface area contributed by atoms with Crippen molar-refractivity contribution in [1.29, 1.82) is 0 Å². The van der Waals surface area contributed by atoms with Crippen LogP contribution in [0.25, 0.3) is 0 Å². The summed E-state index contributed by atoms with van der Waals surface area (Å²) in [6.45, 7) is 6.53. The van der Waals surface area contributed by atoms with Crippen LogP contribution >= 0.6 is 15.9 Å². The molecule has 6 nitrogen and oxygen atoms in total. The summed E-state index contributed by atoms with van der Waals surface area (Å²) < 4.78 is 13.4. The maximum absolute atomic E-state index is 12.8. The number of pyridine rings is 1. The zero-order valence-electron chi connectivity index (χ0n) is 20.2. The first kappa shape index (κ1) is 24.3. The summed E-state index contributed by atoms with van der Waals surface area (Å²) in [6.07, 6.45) is 2.05. The van der Waals surface area contributed by atoms with Crippen LogP contribution in [-0.4, -0.2) is 52.9 Å². The van der Waals surface area contributed by atoms with Crippen molar-refractivity contribution in [3.8, 4) is 11.5 Å². The summed E-state index contributed by atoms with van der Waals surface area (Å²) in [6, 6.07) is 17.9. The molecule has 5 rings (SSSR count). The quantitative estimate of drug-likeness (QED) is 0.463. The topological polar surface area (TPSA) is 75.1 Å². The summed E-state index contributed by atoms with van der Waals surface area (Å²) >= 11 is 3.53. The van der Waals surface area contributed by atoms with E-state index in [1.165, 1.54) is 0 Å². The Morgan fingerprint density at radius 2 is 1.74 bits per heavy atom. The normalized spacial score (nSPS) is 29.1. The van der Waals surface area contributed by atoms with Crippen LogP contribution in [0.5, 0.6) is 11.5 Å².